The number of piperidine rings is 1. The van der Waals surface area contributed by atoms with Crippen LogP contribution in [-0.4, -0.2) is 25.7 Å². The molecule has 1 aliphatic carbocycles. The molecule has 0 amide bonds. The van der Waals surface area contributed by atoms with E-state index in [9.17, 15) is 0 Å². The molecule has 14 heavy (non-hydrogen) atoms. The average molecular weight is 196 g/mol. The van der Waals surface area contributed by atoms with Crippen LogP contribution in [0.5, 0.6) is 0 Å². The average Bonchev–Trinajstić information content (AvgIpc) is 2.29. The molecule has 1 unspecified atom stereocenters. The summed E-state index contributed by atoms with van der Waals surface area (Å²) in [6.45, 7) is 3.68. The van der Waals surface area contributed by atoms with Crippen LogP contribution in [0.2, 0.25) is 0 Å². The fraction of sp³-hybridized carbons (Fsp3) is 1.00. The quantitative estimate of drug-likeness (QED) is 0.720. The molecule has 0 bridgehead atoms. The summed E-state index contributed by atoms with van der Waals surface area (Å²) in [6.07, 6.45) is 10.1. The molecule has 2 rings (SSSR count). The van der Waals surface area contributed by atoms with Crippen molar-refractivity contribution in [2.75, 3.05) is 19.6 Å². The van der Waals surface area contributed by atoms with Gasteiger partial charge < -0.3 is 10.6 Å². The van der Waals surface area contributed by atoms with Crippen molar-refractivity contribution in [2.24, 2.45) is 5.92 Å². The predicted octanol–water partition coefficient (Wildman–Crippen LogP) is 1.91. The highest BCUT2D eigenvalue weighted by molar-refractivity contribution is 4.77. The lowest BCUT2D eigenvalue weighted by Crippen LogP contribution is -2.44. The van der Waals surface area contributed by atoms with Crippen LogP contribution in [0.1, 0.15) is 44.9 Å². The highest BCUT2D eigenvalue weighted by Gasteiger charge is 2.16. The molecule has 1 heterocycles. The molecule has 2 heteroatoms. The highest BCUT2D eigenvalue weighted by Crippen LogP contribution is 2.22. The molecule has 1 aliphatic heterocycles. The summed E-state index contributed by atoms with van der Waals surface area (Å²) >= 11 is 0. The minimum absolute atomic E-state index is 0.755. The third kappa shape index (κ3) is 3.25. The van der Waals surface area contributed by atoms with Crippen molar-refractivity contribution in [2.45, 2.75) is 51.0 Å². The normalized spacial score (nSPS) is 30.4. The van der Waals surface area contributed by atoms with Gasteiger partial charge in [0, 0.05) is 12.6 Å². The van der Waals surface area contributed by atoms with Crippen LogP contribution in [0, 0.1) is 5.92 Å². The molecule has 0 spiro atoms. The van der Waals surface area contributed by atoms with Gasteiger partial charge in [0.25, 0.3) is 0 Å². The Labute approximate surface area is 87.8 Å². The van der Waals surface area contributed by atoms with Gasteiger partial charge in [0.05, 0.1) is 0 Å². The maximum atomic E-state index is 3.73. The molecule has 0 aromatic heterocycles. The monoisotopic (exact) mass is 196 g/mol. The van der Waals surface area contributed by atoms with E-state index in [1.54, 1.807) is 0 Å². The van der Waals surface area contributed by atoms with Crippen molar-refractivity contribution < 1.29 is 0 Å². The molecule has 1 saturated carbocycles. The lowest BCUT2D eigenvalue weighted by atomic mass is 9.89. The van der Waals surface area contributed by atoms with Crippen molar-refractivity contribution in [3.05, 3.63) is 0 Å². The molecule has 1 atom stereocenters. The van der Waals surface area contributed by atoms with Crippen molar-refractivity contribution in [1.29, 1.82) is 0 Å². The molecule has 2 nitrogen and oxygen atoms in total. The van der Waals surface area contributed by atoms with Gasteiger partial charge in [-0.05, 0) is 44.7 Å². The summed E-state index contributed by atoms with van der Waals surface area (Å²) in [5.74, 6) is 0.977. The van der Waals surface area contributed by atoms with Crippen LogP contribution in [0.25, 0.3) is 0 Å². The molecule has 0 aromatic rings. The van der Waals surface area contributed by atoms with Crippen LogP contribution < -0.4 is 10.6 Å². The number of rotatable bonds is 3. The summed E-state index contributed by atoms with van der Waals surface area (Å²) in [5.41, 5.74) is 0. The first-order valence-corrected chi connectivity index (χ1v) is 6.39. The van der Waals surface area contributed by atoms with E-state index >= 15 is 0 Å². The van der Waals surface area contributed by atoms with Gasteiger partial charge in [-0.2, -0.15) is 0 Å². The van der Waals surface area contributed by atoms with Gasteiger partial charge in [0.1, 0.15) is 0 Å². The van der Waals surface area contributed by atoms with E-state index in [4.69, 9.17) is 0 Å². The van der Waals surface area contributed by atoms with E-state index in [-0.39, 0.29) is 0 Å². The molecular weight excluding hydrogens is 172 g/mol. The second-order valence-electron chi connectivity index (χ2n) is 4.96. The lowest BCUT2D eigenvalue weighted by molar-refractivity contribution is 0.307. The predicted molar refractivity (Wildman–Crippen MR) is 60.5 cm³/mol. The zero-order valence-electron chi connectivity index (χ0n) is 9.23. The minimum atomic E-state index is 0.755. The van der Waals surface area contributed by atoms with Crippen LogP contribution in [0.4, 0.5) is 0 Å². The standard InChI is InChI=1S/C12H24N2/c1-2-5-11(6-3-1)9-14-12-7-4-8-13-10-12/h11-14H,1-10H2. The summed E-state index contributed by atoms with van der Waals surface area (Å²) in [4.78, 5) is 0. The van der Waals surface area contributed by atoms with Crippen LogP contribution in [-0.2, 0) is 0 Å². The Bertz CT molecular complexity index is 128. The number of hydrogen-bond acceptors (Lipinski definition) is 2. The third-order valence-electron chi connectivity index (χ3n) is 3.72. The zero-order chi connectivity index (χ0) is 9.64. The van der Waals surface area contributed by atoms with E-state index < -0.39 is 0 Å². The van der Waals surface area contributed by atoms with Gasteiger partial charge in [-0.1, -0.05) is 19.3 Å². The minimum Gasteiger partial charge on any atom is -0.315 e. The first-order valence-electron chi connectivity index (χ1n) is 6.39. The zero-order valence-corrected chi connectivity index (χ0v) is 9.23. The summed E-state index contributed by atoms with van der Waals surface area (Å²) in [6, 6.07) is 0.755. The molecule has 0 aromatic carbocycles. The SMILES string of the molecule is C1CCC(CNC2CCCNC2)CC1. The molecule has 82 valence electrons. The Morgan fingerprint density at radius 3 is 2.57 bits per heavy atom. The number of hydrogen-bond donors (Lipinski definition) is 2. The Morgan fingerprint density at radius 2 is 1.86 bits per heavy atom. The molecule has 2 N–H and O–H groups in total. The maximum Gasteiger partial charge on any atom is 0.0193 e. The molecule has 2 fully saturated rings. The third-order valence-corrected chi connectivity index (χ3v) is 3.72. The van der Waals surface area contributed by atoms with Crippen molar-refractivity contribution >= 4 is 0 Å². The second kappa shape index (κ2) is 5.72. The lowest BCUT2D eigenvalue weighted by Gasteiger charge is -2.28. The topological polar surface area (TPSA) is 24.1 Å². The van der Waals surface area contributed by atoms with E-state index in [0.717, 1.165) is 12.0 Å². The van der Waals surface area contributed by atoms with Crippen molar-refractivity contribution in [1.82, 2.24) is 10.6 Å². The van der Waals surface area contributed by atoms with Gasteiger partial charge in [0.15, 0.2) is 0 Å². The fourth-order valence-corrected chi connectivity index (χ4v) is 2.75. The Kier molecular flexibility index (Phi) is 4.26. The van der Waals surface area contributed by atoms with Crippen molar-refractivity contribution in [3.63, 3.8) is 0 Å². The highest BCUT2D eigenvalue weighted by atomic mass is 15.0. The van der Waals surface area contributed by atoms with Crippen LogP contribution in [0.15, 0.2) is 0 Å². The molecular formula is C12H24N2. The van der Waals surface area contributed by atoms with Crippen molar-refractivity contribution in [3.8, 4) is 0 Å². The van der Waals surface area contributed by atoms with Gasteiger partial charge in [-0.25, -0.2) is 0 Å². The smallest absolute Gasteiger partial charge is 0.0193 e. The molecule has 2 aliphatic rings. The van der Waals surface area contributed by atoms with E-state index in [1.165, 1.54) is 64.6 Å². The van der Waals surface area contributed by atoms with Gasteiger partial charge in [-0.3, -0.25) is 0 Å². The van der Waals surface area contributed by atoms with Gasteiger partial charge in [0.2, 0.25) is 0 Å². The van der Waals surface area contributed by atoms with Gasteiger partial charge >= 0.3 is 0 Å². The Balaban J connectivity index is 1.60. The largest absolute Gasteiger partial charge is 0.315 e. The first kappa shape index (κ1) is 10.4. The van der Waals surface area contributed by atoms with Crippen LogP contribution >= 0.6 is 0 Å². The fourth-order valence-electron chi connectivity index (χ4n) is 2.75. The van der Waals surface area contributed by atoms with Gasteiger partial charge in [-0.15, -0.1) is 0 Å². The van der Waals surface area contributed by atoms with E-state index in [2.05, 4.69) is 10.6 Å². The molecule has 1 saturated heterocycles. The molecule has 0 radical (unpaired) electrons. The van der Waals surface area contributed by atoms with E-state index in [0.29, 0.717) is 0 Å². The second-order valence-corrected chi connectivity index (χ2v) is 4.96. The summed E-state index contributed by atoms with van der Waals surface area (Å²) in [5, 5.41) is 7.19. The van der Waals surface area contributed by atoms with E-state index in [1.807, 2.05) is 0 Å². The maximum absolute atomic E-state index is 3.73. The Morgan fingerprint density at radius 1 is 1.00 bits per heavy atom. The van der Waals surface area contributed by atoms with Crippen LogP contribution in [0.3, 0.4) is 0 Å². The summed E-state index contributed by atoms with van der Waals surface area (Å²) < 4.78 is 0. The Hall–Kier alpha value is -0.0800. The number of nitrogens with one attached hydrogen (secondary N) is 2. The first-order chi connectivity index (χ1) is 6.95. The summed E-state index contributed by atoms with van der Waals surface area (Å²) in [7, 11) is 0.